The van der Waals surface area contributed by atoms with Crippen LogP contribution in [0.2, 0.25) is 0 Å². The van der Waals surface area contributed by atoms with Crippen molar-refractivity contribution in [3.8, 4) is 0 Å². The summed E-state index contributed by atoms with van der Waals surface area (Å²) >= 11 is 0. The summed E-state index contributed by atoms with van der Waals surface area (Å²) in [5, 5.41) is 0. The van der Waals surface area contributed by atoms with Gasteiger partial charge in [0.2, 0.25) is 5.91 Å². The second-order valence-electron chi connectivity index (χ2n) is 9.81. The molecule has 2 heterocycles. The van der Waals surface area contributed by atoms with Gasteiger partial charge in [-0.1, -0.05) is 66.2 Å². The van der Waals surface area contributed by atoms with Gasteiger partial charge in [0.15, 0.2) is 0 Å². The lowest BCUT2D eigenvalue weighted by molar-refractivity contribution is -0.134. The summed E-state index contributed by atoms with van der Waals surface area (Å²) in [4.78, 5) is 24.6. The van der Waals surface area contributed by atoms with Crippen LogP contribution in [0.3, 0.4) is 0 Å². The van der Waals surface area contributed by atoms with E-state index in [1.165, 1.54) is 0 Å². The lowest BCUT2D eigenvalue weighted by Gasteiger charge is -2.35. The van der Waals surface area contributed by atoms with Crippen LogP contribution in [0.4, 0.5) is 0 Å². The summed E-state index contributed by atoms with van der Waals surface area (Å²) in [7, 11) is 0. The van der Waals surface area contributed by atoms with Gasteiger partial charge in [-0.25, -0.2) is 4.99 Å². The van der Waals surface area contributed by atoms with Crippen molar-refractivity contribution in [2.45, 2.75) is 74.7 Å². The topological polar surface area (TPSA) is 45.0 Å². The molecule has 0 aromatic heterocycles. The third-order valence-electron chi connectivity index (χ3n) is 6.30. The van der Waals surface area contributed by atoms with Gasteiger partial charge in [0, 0.05) is 40.9 Å². The summed E-state index contributed by atoms with van der Waals surface area (Å²) in [6.07, 6.45) is 15.1. The van der Waals surface area contributed by atoms with Crippen LogP contribution in [-0.2, 0) is 4.79 Å². The van der Waals surface area contributed by atoms with Crippen molar-refractivity contribution in [2.24, 2.45) is 32.1 Å². The van der Waals surface area contributed by atoms with E-state index in [4.69, 9.17) is 4.99 Å². The van der Waals surface area contributed by atoms with Gasteiger partial charge >= 0.3 is 0 Å². The Balaban J connectivity index is 2.34. The summed E-state index contributed by atoms with van der Waals surface area (Å²) in [6.45, 7) is 17.7. The van der Waals surface area contributed by atoms with Gasteiger partial charge in [0.1, 0.15) is 0 Å². The van der Waals surface area contributed by atoms with E-state index in [0.717, 1.165) is 30.7 Å². The first-order valence-corrected chi connectivity index (χ1v) is 11.0. The number of aliphatic imine (C=N–C) groups is 2. The number of hydrogen-bond acceptors (Lipinski definition) is 3. The van der Waals surface area contributed by atoms with Crippen LogP contribution in [-0.4, -0.2) is 29.4 Å². The normalized spacial score (nSPS) is 32.6. The molecule has 29 heavy (non-hydrogen) atoms. The molecule has 2 rings (SSSR count). The number of allylic oxidation sites excluding steroid dienone is 4. The zero-order valence-corrected chi connectivity index (χ0v) is 19.6. The fourth-order valence-corrected chi connectivity index (χ4v) is 4.30. The quantitative estimate of drug-likeness (QED) is 0.494. The number of carbonyl (C=O) groups excluding carboxylic acids is 1. The maximum absolute atomic E-state index is 13.4. The fourth-order valence-electron chi connectivity index (χ4n) is 4.30. The van der Waals surface area contributed by atoms with E-state index in [-0.39, 0.29) is 22.7 Å². The number of hydrogen-bond donors (Lipinski definition) is 0. The number of nitrogens with zero attached hydrogens (tertiary/aromatic N) is 3. The van der Waals surface area contributed by atoms with Crippen LogP contribution in [0.15, 0.2) is 46.2 Å². The van der Waals surface area contributed by atoms with Gasteiger partial charge in [0.25, 0.3) is 0 Å². The van der Waals surface area contributed by atoms with Crippen molar-refractivity contribution < 1.29 is 4.79 Å². The maximum Gasteiger partial charge on any atom is 0.237 e. The van der Waals surface area contributed by atoms with E-state index in [9.17, 15) is 4.79 Å². The third kappa shape index (κ3) is 5.34. The molecule has 0 bridgehead atoms. The van der Waals surface area contributed by atoms with Crippen LogP contribution >= 0.6 is 0 Å². The second-order valence-corrected chi connectivity index (χ2v) is 9.81. The highest BCUT2D eigenvalue weighted by Crippen LogP contribution is 2.35. The van der Waals surface area contributed by atoms with E-state index < -0.39 is 5.41 Å². The lowest BCUT2D eigenvalue weighted by Crippen LogP contribution is -2.45. The Morgan fingerprint density at radius 2 is 1.76 bits per heavy atom. The molecule has 3 unspecified atom stereocenters. The number of rotatable bonds is 6. The standard InChI is InChI=1S/C25H39N3O/c1-9-11-25(8)16-20(4)27-18-28(22(25)29)17-19(3)21-24(7,10-2)13-12-23(5,6)14-15-26-21/h12-16,18-19H,9-11,17H2,1-8H3/b13-12-,15-14-,26-21?. The van der Waals surface area contributed by atoms with E-state index >= 15 is 0 Å². The van der Waals surface area contributed by atoms with Crippen molar-refractivity contribution >= 4 is 18.0 Å². The summed E-state index contributed by atoms with van der Waals surface area (Å²) in [5.41, 5.74) is 1.38. The molecule has 0 aromatic carbocycles. The Bertz CT molecular complexity index is 771. The van der Waals surface area contributed by atoms with Gasteiger partial charge in [-0.2, -0.15) is 0 Å². The van der Waals surface area contributed by atoms with E-state index in [0.29, 0.717) is 6.54 Å². The summed E-state index contributed by atoms with van der Waals surface area (Å²) < 4.78 is 0. The predicted molar refractivity (Wildman–Crippen MR) is 124 cm³/mol. The Kier molecular flexibility index (Phi) is 7.08. The first-order valence-electron chi connectivity index (χ1n) is 11.0. The minimum absolute atomic E-state index is 0.00668. The molecule has 2 aliphatic rings. The molecule has 0 spiro atoms. The molecule has 0 fully saturated rings. The van der Waals surface area contributed by atoms with Crippen molar-refractivity contribution in [3.63, 3.8) is 0 Å². The molecule has 0 N–H and O–H groups in total. The minimum atomic E-state index is -0.504. The van der Waals surface area contributed by atoms with E-state index in [1.807, 2.05) is 31.0 Å². The van der Waals surface area contributed by atoms with Crippen molar-refractivity contribution in [1.82, 2.24) is 4.90 Å². The molecule has 0 radical (unpaired) electrons. The molecular formula is C25H39N3O. The Labute approximate surface area is 177 Å². The third-order valence-corrected chi connectivity index (χ3v) is 6.30. The zero-order chi connectivity index (χ0) is 21.9. The van der Waals surface area contributed by atoms with Crippen molar-refractivity contribution in [3.05, 3.63) is 36.2 Å². The van der Waals surface area contributed by atoms with Crippen molar-refractivity contribution in [2.75, 3.05) is 6.54 Å². The van der Waals surface area contributed by atoms with Crippen molar-refractivity contribution in [1.29, 1.82) is 0 Å². The molecule has 160 valence electrons. The number of amides is 1. The van der Waals surface area contributed by atoms with Gasteiger partial charge in [0.05, 0.1) is 11.8 Å². The molecule has 0 saturated heterocycles. The highest BCUT2D eigenvalue weighted by Gasteiger charge is 2.38. The highest BCUT2D eigenvalue weighted by atomic mass is 16.2. The predicted octanol–water partition coefficient (Wildman–Crippen LogP) is 6.17. The minimum Gasteiger partial charge on any atom is -0.302 e. The number of carbonyl (C=O) groups is 1. The van der Waals surface area contributed by atoms with Crippen LogP contribution in [0.25, 0.3) is 0 Å². The molecule has 4 nitrogen and oxygen atoms in total. The molecule has 0 aliphatic carbocycles. The van der Waals surface area contributed by atoms with Crippen LogP contribution < -0.4 is 0 Å². The molecule has 2 aliphatic heterocycles. The summed E-state index contributed by atoms with van der Waals surface area (Å²) in [6, 6.07) is 0. The van der Waals surface area contributed by atoms with Crippen LogP contribution in [0, 0.1) is 22.2 Å². The fraction of sp³-hybridized carbons (Fsp3) is 0.640. The summed E-state index contributed by atoms with van der Waals surface area (Å²) in [5.74, 6) is 0.249. The Hall–Kier alpha value is -1.97. The first kappa shape index (κ1) is 23.3. The van der Waals surface area contributed by atoms with Gasteiger partial charge < -0.3 is 4.90 Å². The highest BCUT2D eigenvalue weighted by molar-refractivity contribution is 5.97. The molecular weight excluding hydrogens is 358 g/mol. The molecule has 0 saturated carbocycles. The monoisotopic (exact) mass is 397 g/mol. The molecule has 0 aromatic rings. The largest absolute Gasteiger partial charge is 0.302 e. The maximum atomic E-state index is 13.4. The molecule has 3 atom stereocenters. The van der Waals surface area contributed by atoms with E-state index in [2.05, 4.69) is 64.8 Å². The Morgan fingerprint density at radius 3 is 2.38 bits per heavy atom. The van der Waals surface area contributed by atoms with Crippen LogP contribution in [0.1, 0.15) is 74.7 Å². The van der Waals surface area contributed by atoms with Gasteiger partial charge in [-0.3, -0.25) is 9.79 Å². The van der Waals surface area contributed by atoms with E-state index in [1.54, 1.807) is 6.34 Å². The lowest BCUT2D eigenvalue weighted by atomic mass is 9.74. The second kappa shape index (κ2) is 8.81. The van der Waals surface area contributed by atoms with Gasteiger partial charge in [-0.05, 0) is 32.8 Å². The van der Waals surface area contributed by atoms with Crippen LogP contribution in [0.5, 0.6) is 0 Å². The first-order chi connectivity index (χ1) is 13.5. The smallest absolute Gasteiger partial charge is 0.237 e. The molecule has 4 heteroatoms. The van der Waals surface area contributed by atoms with Gasteiger partial charge in [-0.15, -0.1) is 0 Å². The average Bonchev–Trinajstić information content (AvgIpc) is 2.74. The average molecular weight is 398 g/mol. The SMILES string of the molecule is CCCC1(C)C=C(C)N=CN(CC(C)C2=N/C=C\C(C)(C)/C=C\C2(C)CC)C1=O. The zero-order valence-electron chi connectivity index (χ0n) is 19.6. The molecule has 1 amide bonds. The Morgan fingerprint density at radius 1 is 1.07 bits per heavy atom.